The Morgan fingerprint density at radius 2 is 1.40 bits per heavy atom. The molecule has 154 valence electrons. The van der Waals surface area contributed by atoms with Crippen LogP contribution >= 0.6 is 15.9 Å². The van der Waals surface area contributed by atoms with Crippen LogP contribution in [-0.4, -0.2) is 17.5 Å². The molecule has 0 amide bonds. The molecule has 0 saturated heterocycles. The number of hydrogen-bond donors (Lipinski definition) is 1. The molecule has 3 aromatic rings. The standard InChI is InChI=1S/C25H25BrN2O2/c26-21-13-11-18(12-14-21)17-27-16-15-22-23(19-7-3-1-4-8-19)24(25(22)28(29)30)20-9-5-2-6-10-20/h1-14,22-25,27H,15-17H2/t22-,23-,24+,25+/m1/s1. The summed E-state index contributed by atoms with van der Waals surface area (Å²) >= 11 is 3.45. The molecule has 0 unspecified atom stereocenters. The molecule has 5 heteroatoms. The van der Waals surface area contributed by atoms with Crippen molar-refractivity contribution in [2.45, 2.75) is 30.8 Å². The summed E-state index contributed by atoms with van der Waals surface area (Å²) in [5.41, 5.74) is 3.47. The van der Waals surface area contributed by atoms with E-state index in [4.69, 9.17) is 0 Å². The van der Waals surface area contributed by atoms with Crippen molar-refractivity contribution in [3.8, 4) is 0 Å². The number of nitro groups is 1. The monoisotopic (exact) mass is 464 g/mol. The van der Waals surface area contributed by atoms with E-state index < -0.39 is 6.04 Å². The van der Waals surface area contributed by atoms with Gasteiger partial charge in [0.2, 0.25) is 6.04 Å². The second kappa shape index (κ2) is 9.54. The summed E-state index contributed by atoms with van der Waals surface area (Å²) in [5.74, 6) is 0.101. The molecule has 0 aromatic heterocycles. The van der Waals surface area contributed by atoms with Gasteiger partial charge >= 0.3 is 0 Å². The lowest BCUT2D eigenvalue weighted by atomic mass is 9.55. The average molecular weight is 465 g/mol. The van der Waals surface area contributed by atoms with E-state index in [-0.39, 0.29) is 22.7 Å². The van der Waals surface area contributed by atoms with Gasteiger partial charge in [-0.2, -0.15) is 0 Å². The summed E-state index contributed by atoms with van der Waals surface area (Å²) in [4.78, 5) is 12.0. The number of rotatable bonds is 8. The minimum absolute atomic E-state index is 0.0185. The van der Waals surface area contributed by atoms with E-state index in [1.807, 2.05) is 60.7 Å². The zero-order valence-corrected chi connectivity index (χ0v) is 18.2. The lowest BCUT2D eigenvalue weighted by molar-refractivity contribution is -0.555. The number of halogens is 1. The predicted molar refractivity (Wildman–Crippen MR) is 123 cm³/mol. The second-order valence-electron chi connectivity index (χ2n) is 7.90. The third kappa shape index (κ3) is 4.47. The van der Waals surface area contributed by atoms with Gasteiger partial charge in [0.1, 0.15) is 0 Å². The average Bonchev–Trinajstić information content (AvgIpc) is 2.75. The first kappa shape index (κ1) is 20.8. The largest absolute Gasteiger partial charge is 0.313 e. The third-order valence-electron chi connectivity index (χ3n) is 6.16. The van der Waals surface area contributed by atoms with E-state index in [0.717, 1.165) is 29.5 Å². The Morgan fingerprint density at radius 1 is 0.833 bits per heavy atom. The van der Waals surface area contributed by atoms with Crippen molar-refractivity contribution in [1.82, 2.24) is 5.32 Å². The highest BCUT2D eigenvalue weighted by Crippen LogP contribution is 2.55. The van der Waals surface area contributed by atoms with Crippen LogP contribution in [0, 0.1) is 16.0 Å². The zero-order chi connectivity index (χ0) is 20.9. The molecule has 0 heterocycles. The van der Waals surface area contributed by atoms with Gasteiger partial charge < -0.3 is 5.32 Å². The van der Waals surface area contributed by atoms with E-state index >= 15 is 0 Å². The van der Waals surface area contributed by atoms with Crippen molar-refractivity contribution >= 4 is 15.9 Å². The maximum absolute atomic E-state index is 12.0. The van der Waals surface area contributed by atoms with E-state index in [0.29, 0.717) is 0 Å². The van der Waals surface area contributed by atoms with Crippen LogP contribution in [0.3, 0.4) is 0 Å². The van der Waals surface area contributed by atoms with E-state index in [2.05, 4.69) is 45.5 Å². The Balaban J connectivity index is 1.49. The van der Waals surface area contributed by atoms with Gasteiger partial charge in [0.15, 0.2) is 0 Å². The van der Waals surface area contributed by atoms with Crippen molar-refractivity contribution in [2.75, 3.05) is 6.54 Å². The van der Waals surface area contributed by atoms with Crippen LogP contribution in [0.4, 0.5) is 0 Å². The Bertz CT molecular complexity index is 963. The summed E-state index contributed by atoms with van der Waals surface area (Å²) in [6.07, 6.45) is 0.783. The van der Waals surface area contributed by atoms with Gasteiger partial charge in [-0.3, -0.25) is 10.1 Å². The molecule has 1 N–H and O–H groups in total. The topological polar surface area (TPSA) is 55.2 Å². The summed E-state index contributed by atoms with van der Waals surface area (Å²) in [5, 5.41) is 15.5. The van der Waals surface area contributed by atoms with Crippen molar-refractivity contribution < 1.29 is 4.92 Å². The Labute approximate surface area is 185 Å². The molecule has 30 heavy (non-hydrogen) atoms. The summed E-state index contributed by atoms with van der Waals surface area (Å²) < 4.78 is 1.06. The number of benzene rings is 3. The minimum atomic E-state index is -0.549. The van der Waals surface area contributed by atoms with Gasteiger partial charge in [0.25, 0.3) is 0 Å². The molecular formula is C25H25BrN2O2. The Hall–Kier alpha value is -2.50. The molecule has 0 radical (unpaired) electrons. The lowest BCUT2D eigenvalue weighted by Gasteiger charge is -2.47. The van der Waals surface area contributed by atoms with Gasteiger partial charge in [-0.15, -0.1) is 0 Å². The Morgan fingerprint density at radius 3 is 1.97 bits per heavy atom. The number of nitrogens with zero attached hydrogens (tertiary/aromatic N) is 1. The first-order valence-electron chi connectivity index (χ1n) is 10.3. The highest BCUT2D eigenvalue weighted by molar-refractivity contribution is 9.10. The van der Waals surface area contributed by atoms with Gasteiger partial charge in [-0.05, 0) is 41.8 Å². The highest BCUT2D eigenvalue weighted by atomic mass is 79.9. The van der Waals surface area contributed by atoms with Crippen molar-refractivity contribution in [3.05, 3.63) is 116 Å². The minimum Gasteiger partial charge on any atom is -0.313 e. The fraction of sp³-hybridized carbons (Fsp3) is 0.280. The molecular weight excluding hydrogens is 440 g/mol. The van der Waals surface area contributed by atoms with Crippen LogP contribution < -0.4 is 5.32 Å². The molecule has 1 aliphatic rings. The zero-order valence-electron chi connectivity index (χ0n) is 16.7. The highest BCUT2D eigenvalue weighted by Gasteiger charge is 2.58. The molecule has 4 nitrogen and oxygen atoms in total. The molecule has 0 aliphatic heterocycles. The van der Waals surface area contributed by atoms with Crippen LogP contribution in [0.5, 0.6) is 0 Å². The first-order chi connectivity index (χ1) is 14.6. The molecule has 1 fully saturated rings. The second-order valence-corrected chi connectivity index (χ2v) is 8.82. The smallest absolute Gasteiger partial charge is 0.223 e. The van der Waals surface area contributed by atoms with Crippen LogP contribution in [0.2, 0.25) is 0 Å². The van der Waals surface area contributed by atoms with Gasteiger partial charge in [0, 0.05) is 27.8 Å². The lowest BCUT2D eigenvalue weighted by Crippen LogP contribution is -2.53. The van der Waals surface area contributed by atoms with Crippen molar-refractivity contribution in [1.29, 1.82) is 0 Å². The molecule has 4 rings (SSSR count). The quantitative estimate of drug-likeness (QED) is 0.261. The Kier molecular flexibility index (Phi) is 6.60. The summed E-state index contributed by atoms with van der Waals surface area (Å²) in [7, 11) is 0. The third-order valence-corrected chi connectivity index (χ3v) is 6.69. The van der Waals surface area contributed by atoms with Gasteiger partial charge in [-0.25, -0.2) is 0 Å². The number of nitrogens with one attached hydrogen (secondary N) is 1. The number of hydrogen-bond acceptors (Lipinski definition) is 3. The SMILES string of the molecule is O=[N+]([O-])[C@H]1[C@H](CCNCc2ccc(Br)cc2)[C@@H](c2ccccc2)[C@@H]1c1ccccc1. The van der Waals surface area contributed by atoms with Gasteiger partial charge in [-0.1, -0.05) is 88.7 Å². The molecule has 0 spiro atoms. The summed E-state index contributed by atoms with van der Waals surface area (Å²) in [6.45, 7) is 1.52. The normalized spacial score (nSPS) is 23.0. The van der Waals surface area contributed by atoms with Crippen LogP contribution in [0.1, 0.15) is 34.9 Å². The van der Waals surface area contributed by atoms with E-state index in [1.165, 1.54) is 11.1 Å². The first-order valence-corrected chi connectivity index (χ1v) is 11.1. The molecule has 3 aromatic carbocycles. The fourth-order valence-corrected chi connectivity index (χ4v) is 5.03. The van der Waals surface area contributed by atoms with Crippen LogP contribution in [0.25, 0.3) is 0 Å². The van der Waals surface area contributed by atoms with Crippen molar-refractivity contribution in [3.63, 3.8) is 0 Å². The van der Waals surface area contributed by atoms with E-state index in [1.54, 1.807) is 0 Å². The molecule has 0 bridgehead atoms. The maximum atomic E-state index is 12.0. The molecule has 1 aliphatic carbocycles. The summed E-state index contributed by atoms with van der Waals surface area (Å²) in [6, 6.07) is 27.9. The molecule has 4 atom stereocenters. The predicted octanol–water partition coefficient (Wildman–Crippen LogP) is 5.77. The van der Waals surface area contributed by atoms with Crippen LogP contribution in [-0.2, 0) is 6.54 Å². The maximum Gasteiger partial charge on any atom is 0.223 e. The van der Waals surface area contributed by atoms with Crippen LogP contribution in [0.15, 0.2) is 89.4 Å². The van der Waals surface area contributed by atoms with E-state index in [9.17, 15) is 10.1 Å². The fourth-order valence-electron chi connectivity index (χ4n) is 4.76. The molecule has 1 saturated carbocycles. The van der Waals surface area contributed by atoms with Crippen molar-refractivity contribution in [2.24, 2.45) is 5.92 Å². The van der Waals surface area contributed by atoms with Gasteiger partial charge in [0.05, 0.1) is 5.92 Å².